The predicted molar refractivity (Wildman–Crippen MR) is 73.6 cm³/mol. The highest BCUT2D eigenvalue weighted by molar-refractivity contribution is 5.75. The number of benzene rings is 1. The topological polar surface area (TPSA) is 32.3 Å². The van der Waals surface area contributed by atoms with Crippen molar-refractivity contribution >= 4 is 6.03 Å². The molecule has 1 aromatic carbocycles. The van der Waals surface area contributed by atoms with Gasteiger partial charge in [0.25, 0.3) is 0 Å². The molecule has 98 valence electrons. The SMILES string of the molecule is CC(C)(CCc1ccccc1)N1CCCNC1=O. The third-order valence-electron chi connectivity index (χ3n) is 3.68. The minimum atomic E-state index is -0.0830. The van der Waals surface area contributed by atoms with E-state index in [0.717, 1.165) is 32.4 Å². The first-order valence-corrected chi connectivity index (χ1v) is 6.69. The maximum absolute atomic E-state index is 11.9. The second-order valence-corrected chi connectivity index (χ2v) is 5.54. The molecule has 1 aromatic rings. The summed E-state index contributed by atoms with van der Waals surface area (Å²) in [6.07, 6.45) is 3.04. The lowest BCUT2D eigenvalue weighted by molar-refractivity contribution is 0.115. The lowest BCUT2D eigenvalue weighted by Crippen LogP contribution is -2.56. The van der Waals surface area contributed by atoms with E-state index in [1.807, 2.05) is 11.0 Å². The van der Waals surface area contributed by atoms with Gasteiger partial charge < -0.3 is 10.2 Å². The molecule has 1 saturated heterocycles. The van der Waals surface area contributed by atoms with Gasteiger partial charge in [-0.05, 0) is 38.7 Å². The van der Waals surface area contributed by atoms with Gasteiger partial charge in [0.15, 0.2) is 0 Å². The number of hydrogen-bond donors (Lipinski definition) is 1. The molecule has 0 aliphatic carbocycles. The fraction of sp³-hybridized carbons (Fsp3) is 0.533. The van der Waals surface area contributed by atoms with Crippen LogP contribution in [0.25, 0.3) is 0 Å². The third-order valence-corrected chi connectivity index (χ3v) is 3.68. The summed E-state index contributed by atoms with van der Waals surface area (Å²) in [5, 5.41) is 2.92. The van der Waals surface area contributed by atoms with Crippen LogP contribution < -0.4 is 5.32 Å². The number of nitrogens with zero attached hydrogens (tertiary/aromatic N) is 1. The zero-order chi connectivity index (χ0) is 13.0. The Morgan fingerprint density at radius 2 is 2.00 bits per heavy atom. The van der Waals surface area contributed by atoms with Crippen molar-refractivity contribution in [1.29, 1.82) is 0 Å². The number of hydrogen-bond acceptors (Lipinski definition) is 1. The smallest absolute Gasteiger partial charge is 0.317 e. The van der Waals surface area contributed by atoms with E-state index < -0.39 is 0 Å². The third kappa shape index (κ3) is 3.03. The monoisotopic (exact) mass is 246 g/mol. The summed E-state index contributed by atoms with van der Waals surface area (Å²) in [6.45, 7) is 5.99. The Balaban J connectivity index is 1.96. The summed E-state index contributed by atoms with van der Waals surface area (Å²) in [5.41, 5.74) is 1.25. The van der Waals surface area contributed by atoms with Crippen LogP contribution in [0, 0.1) is 0 Å². The highest BCUT2D eigenvalue weighted by Gasteiger charge is 2.31. The summed E-state index contributed by atoms with van der Waals surface area (Å²) >= 11 is 0. The van der Waals surface area contributed by atoms with Crippen molar-refractivity contribution in [3.05, 3.63) is 35.9 Å². The maximum atomic E-state index is 11.9. The molecule has 0 unspecified atom stereocenters. The van der Waals surface area contributed by atoms with E-state index in [1.165, 1.54) is 5.56 Å². The van der Waals surface area contributed by atoms with E-state index >= 15 is 0 Å². The Morgan fingerprint density at radius 1 is 1.28 bits per heavy atom. The molecule has 18 heavy (non-hydrogen) atoms. The molecule has 1 aliphatic rings. The van der Waals surface area contributed by atoms with Gasteiger partial charge in [-0.1, -0.05) is 30.3 Å². The fourth-order valence-electron chi connectivity index (χ4n) is 2.44. The van der Waals surface area contributed by atoms with Gasteiger partial charge in [-0.2, -0.15) is 0 Å². The summed E-state index contributed by atoms with van der Waals surface area (Å²) in [7, 11) is 0. The predicted octanol–water partition coefficient (Wildman–Crippen LogP) is 2.81. The molecule has 0 spiro atoms. The van der Waals surface area contributed by atoms with Gasteiger partial charge in [-0.3, -0.25) is 0 Å². The van der Waals surface area contributed by atoms with Crippen LogP contribution in [0.2, 0.25) is 0 Å². The minimum absolute atomic E-state index is 0.0827. The second-order valence-electron chi connectivity index (χ2n) is 5.54. The zero-order valence-electron chi connectivity index (χ0n) is 11.3. The Hall–Kier alpha value is -1.51. The van der Waals surface area contributed by atoms with Crippen LogP contribution in [0.15, 0.2) is 30.3 Å². The van der Waals surface area contributed by atoms with Gasteiger partial charge in [0.05, 0.1) is 0 Å². The van der Waals surface area contributed by atoms with Gasteiger partial charge in [0, 0.05) is 18.6 Å². The van der Waals surface area contributed by atoms with Gasteiger partial charge in [-0.25, -0.2) is 4.79 Å². The molecule has 2 amide bonds. The first-order chi connectivity index (χ1) is 8.59. The van der Waals surface area contributed by atoms with Gasteiger partial charge in [0.2, 0.25) is 0 Å². The summed E-state index contributed by atoms with van der Waals surface area (Å²) in [5.74, 6) is 0. The molecule has 0 atom stereocenters. The van der Waals surface area contributed by atoms with Crippen molar-refractivity contribution in [3.8, 4) is 0 Å². The van der Waals surface area contributed by atoms with Crippen LogP contribution in [0.1, 0.15) is 32.3 Å². The molecule has 0 bridgehead atoms. The first-order valence-electron chi connectivity index (χ1n) is 6.69. The summed E-state index contributed by atoms with van der Waals surface area (Å²) in [4.78, 5) is 13.8. The molecule has 3 heteroatoms. The molecule has 1 fully saturated rings. The van der Waals surface area contributed by atoms with E-state index in [4.69, 9.17) is 0 Å². The number of carbonyl (C=O) groups excluding carboxylic acids is 1. The maximum Gasteiger partial charge on any atom is 0.317 e. The fourth-order valence-corrected chi connectivity index (χ4v) is 2.44. The highest BCUT2D eigenvalue weighted by atomic mass is 16.2. The van der Waals surface area contributed by atoms with Crippen molar-refractivity contribution < 1.29 is 4.79 Å². The Bertz CT molecular complexity index is 400. The Kier molecular flexibility index (Phi) is 3.90. The van der Waals surface area contributed by atoms with E-state index in [-0.39, 0.29) is 11.6 Å². The highest BCUT2D eigenvalue weighted by Crippen LogP contribution is 2.23. The molecular weight excluding hydrogens is 224 g/mol. The van der Waals surface area contributed by atoms with Crippen molar-refractivity contribution in [3.63, 3.8) is 0 Å². The van der Waals surface area contributed by atoms with Crippen molar-refractivity contribution in [2.24, 2.45) is 0 Å². The van der Waals surface area contributed by atoms with Crippen molar-refractivity contribution in [2.45, 2.75) is 38.6 Å². The molecule has 0 aromatic heterocycles. The number of aryl methyl sites for hydroxylation is 1. The number of nitrogens with one attached hydrogen (secondary N) is 1. The summed E-state index contributed by atoms with van der Waals surface area (Å²) in [6, 6.07) is 10.5. The number of amides is 2. The van der Waals surface area contributed by atoms with Crippen LogP contribution in [-0.4, -0.2) is 29.6 Å². The molecule has 1 heterocycles. The van der Waals surface area contributed by atoms with Gasteiger partial charge in [-0.15, -0.1) is 0 Å². The largest absolute Gasteiger partial charge is 0.338 e. The molecule has 3 nitrogen and oxygen atoms in total. The molecule has 1 aliphatic heterocycles. The van der Waals surface area contributed by atoms with Gasteiger partial charge >= 0.3 is 6.03 Å². The molecular formula is C15H22N2O. The van der Waals surface area contributed by atoms with Gasteiger partial charge in [0.1, 0.15) is 0 Å². The quantitative estimate of drug-likeness (QED) is 0.870. The van der Waals surface area contributed by atoms with Crippen molar-refractivity contribution in [2.75, 3.05) is 13.1 Å². The standard InChI is InChI=1S/C15H22N2O/c1-15(2,17-12-6-11-16-14(17)18)10-9-13-7-4-3-5-8-13/h3-5,7-8H,6,9-12H2,1-2H3,(H,16,18). The van der Waals surface area contributed by atoms with Crippen LogP contribution in [0.3, 0.4) is 0 Å². The van der Waals surface area contributed by atoms with Crippen LogP contribution in [-0.2, 0) is 6.42 Å². The van der Waals surface area contributed by atoms with Crippen LogP contribution in [0.4, 0.5) is 4.79 Å². The lowest BCUT2D eigenvalue weighted by Gasteiger charge is -2.41. The molecule has 1 N–H and O–H groups in total. The Labute approximate surface area is 109 Å². The van der Waals surface area contributed by atoms with Crippen molar-refractivity contribution in [1.82, 2.24) is 10.2 Å². The summed E-state index contributed by atoms with van der Waals surface area (Å²) < 4.78 is 0. The normalized spacial score (nSPS) is 16.6. The average Bonchev–Trinajstić information content (AvgIpc) is 2.38. The average molecular weight is 246 g/mol. The van der Waals surface area contributed by atoms with E-state index in [2.05, 4.69) is 43.4 Å². The Morgan fingerprint density at radius 3 is 2.67 bits per heavy atom. The van der Waals surface area contributed by atoms with E-state index in [0.29, 0.717) is 0 Å². The van der Waals surface area contributed by atoms with Crippen LogP contribution >= 0.6 is 0 Å². The van der Waals surface area contributed by atoms with E-state index in [9.17, 15) is 4.79 Å². The molecule has 0 saturated carbocycles. The van der Waals surface area contributed by atoms with E-state index in [1.54, 1.807) is 0 Å². The second kappa shape index (κ2) is 5.42. The van der Waals surface area contributed by atoms with Crippen LogP contribution in [0.5, 0.6) is 0 Å². The number of rotatable bonds is 4. The number of urea groups is 1. The molecule has 0 radical (unpaired) electrons. The number of carbonyl (C=O) groups is 1. The first kappa shape index (κ1) is 12.9. The zero-order valence-corrected chi connectivity index (χ0v) is 11.3. The lowest BCUT2D eigenvalue weighted by atomic mass is 9.93. The molecule has 2 rings (SSSR count). The minimum Gasteiger partial charge on any atom is -0.338 e.